The normalized spacial score (nSPS) is 18.5. The fourth-order valence-corrected chi connectivity index (χ4v) is 1.73. The van der Waals surface area contributed by atoms with Crippen LogP contribution >= 0.6 is 0 Å². The molecule has 1 atom stereocenters. The number of carbonyl (C=O) groups is 2. The largest absolute Gasteiger partial charge is 0.468 e. The molecule has 90 valence electrons. The van der Waals surface area contributed by atoms with Crippen LogP contribution in [-0.2, 0) is 9.59 Å². The van der Waals surface area contributed by atoms with E-state index in [9.17, 15) is 9.59 Å². The number of nitrogens with two attached hydrogens (primary N) is 1. The van der Waals surface area contributed by atoms with Gasteiger partial charge in [-0.2, -0.15) is 0 Å². The number of fused-ring (bicyclic) bond motifs is 1. The van der Waals surface area contributed by atoms with Crippen LogP contribution in [0.5, 0.6) is 5.75 Å². The number of hydrogen-bond acceptors (Lipinski definition) is 4. The van der Waals surface area contributed by atoms with Crippen LogP contribution in [0.1, 0.15) is 0 Å². The van der Waals surface area contributed by atoms with E-state index in [-0.39, 0.29) is 13.2 Å². The number of hydrogen-bond donors (Lipinski definition) is 2. The Labute approximate surface area is 97.6 Å². The fourth-order valence-electron chi connectivity index (χ4n) is 1.73. The number of benzene rings is 1. The molecule has 6 nitrogen and oxygen atoms in total. The van der Waals surface area contributed by atoms with Gasteiger partial charge in [-0.1, -0.05) is 12.1 Å². The molecule has 2 amide bonds. The summed E-state index contributed by atoms with van der Waals surface area (Å²) in [7, 11) is 0. The van der Waals surface area contributed by atoms with Crippen LogP contribution in [0.2, 0.25) is 0 Å². The lowest BCUT2D eigenvalue weighted by atomic mass is 10.1. The van der Waals surface area contributed by atoms with Crippen molar-refractivity contribution in [1.82, 2.24) is 0 Å². The molecule has 0 radical (unpaired) electrons. The third-order valence-electron chi connectivity index (χ3n) is 2.47. The van der Waals surface area contributed by atoms with Crippen LogP contribution in [0, 0.1) is 0 Å². The molecule has 1 heterocycles. The zero-order chi connectivity index (χ0) is 12.4. The molecule has 0 saturated carbocycles. The van der Waals surface area contributed by atoms with Crippen molar-refractivity contribution in [3.8, 4) is 5.75 Å². The Bertz CT molecular complexity index is 461. The average Bonchev–Trinajstić information content (AvgIpc) is 2.32. The van der Waals surface area contributed by atoms with E-state index in [1.165, 1.54) is 4.90 Å². The van der Waals surface area contributed by atoms with Crippen molar-refractivity contribution in [2.24, 2.45) is 5.73 Å². The standard InChI is InChI=1S/C11H12N2O4/c12-10(15)9-11(16)13(5-6-14)7-3-1-2-4-8(7)17-9/h1-4,9,14H,5-6H2,(H2,12,15). The predicted molar refractivity (Wildman–Crippen MR) is 59.5 cm³/mol. The van der Waals surface area contributed by atoms with E-state index < -0.39 is 17.9 Å². The molecule has 2 rings (SSSR count). The number of primary amides is 1. The van der Waals surface area contributed by atoms with E-state index in [1.807, 2.05) is 0 Å². The lowest BCUT2D eigenvalue weighted by molar-refractivity contribution is -0.136. The molecule has 1 unspecified atom stereocenters. The number of para-hydroxylation sites is 2. The first kappa shape index (κ1) is 11.4. The molecule has 0 bridgehead atoms. The number of carbonyl (C=O) groups excluding carboxylic acids is 2. The van der Waals surface area contributed by atoms with Gasteiger partial charge in [0.1, 0.15) is 5.75 Å². The quantitative estimate of drug-likeness (QED) is 0.676. The monoisotopic (exact) mass is 236 g/mol. The lowest BCUT2D eigenvalue weighted by Crippen LogP contribution is -2.52. The van der Waals surface area contributed by atoms with Gasteiger partial charge >= 0.3 is 0 Å². The Morgan fingerprint density at radius 1 is 1.47 bits per heavy atom. The van der Waals surface area contributed by atoms with E-state index in [2.05, 4.69) is 0 Å². The zero-order valence-electron chi connectivity index (χ0n) is 9.00. The Balaban J connectivity index is 2.43. The van der Waals surface area contributed by atoms with Crippen molar-refractivity contribution in [3.63, 3.8) is 0 Å². The van der Waals surface area contributed by atoms with Crippen molar-refractivity contribution >= 4 is 17.5 Å². The lowest BCUT2D eigenvalue weighted by Gasteiger charge is -2.32. The number of anilines is 1. The first-order valence-electron chi connectivity index (χ1n) is 5.12. The van der Waals surface area contributed by atoms with Gasteiger partial charge < -0.3 is 20.5 Å². The number of rotatable bonds is 3. The second-order valence-corrected chi connectivity index (χ2v) is 3.58. The molecule has 0 spiro atoms. The first-order chi connectivity index (χ1) is 8.15. The van der Waals surface area contributed by atoms with Crippen LogP contribution < -0.4 is 15.4 Å². The van der Waals surface area contributed by atoms with Gasteiger partial charge in [-0.15, -0.1) is 0 Å². The number of aliphatic hydroxyl groups is 1. The van der Waals surface area contributed by atoms with Crippen LogP contribution in [0.3, 0.4) is 0 Å². The van der Waals surface area contributed by atoms with Crippen molar-refractivity contribution in [1.29, 1.82) is 0 Å². The number of ether oxygens (including phenoxy) is 1. The van der Waals surface area contributed by atoms with Crippen molar-refractivity contribution in [3.05, 3.63) is 24.3 Å². The maximum absolute atomic E-state index is 11.9. The van der Waals surface area contributed by atoms with E-state index in [0.717, 1.165) is 0 Å². The minimum Gasteiger partial charge on any atom is -0.468 e. The summed E-state index contributed by atoms with van der Waals surface area (Å²) >= 11 is 0. The molecule has 3 N–H and O–H groups in total. The maximum atomic E-state index is 11.9. The van der Waals surface area contributed by atoms with Gasteiger partial charge in [-0.3, -0.25) is 9.59 Å². The summed E-state index contributed by atoms with van der Waals surface area (Å²) in [4.78, 5) is 24.3. The molecular weight excluding hydrogens is 224 g/mol. The summed E-state index contributed by atoms with van der Waals surface area (Å²) in [5.74, 6) is -0.984. The highest BCUT2D eigenvalue weighted by Gasteiger charge is 2.37. The summed E-state index contributed by atoms with van der Waals surface area (Å²) in [5.41, 5.74) is 5.63. The summed E-state index contributed by atoms with van der Waals surface area (Å²) in [6, 6.07) is 6.79. The second kappa shape index (κ2) is 4.42. The highest BCUT2D eigenvalue weighted by molar-refractivity contribution is 6.12. The molecule has 1 aromatic carbocycles. The minimum absolute atomic E-state index is 0.100. The Morgan fingerprint density at radius 3 is 2.82 bits per heavy atom. The summed E-state index contributed by atoms with van der Waals surface area (Å²) in [5, 5.41) is 8.94. The molecule has 1 aromatic rings. The highest BCUT2D eigenvalue weighted by Crippen LogP contribution is 2.33. The number of nitrogens with zero attached hydrogens (tertiary/aromatic N) is 1. The van der Waals surface area contributed by atoms with Crippen molar-refractivity contribution < 1.29 is 19.4 Å². The Morgan fingerprint density at radius 2 is 2.18 bits per heavy atom. The van der Waals surface area contributed by atoms with Crippen molar-refractivity contribution in [2.45, 2.75) is 6.10 Å². The van der Waals surface area contributed by atoms with Gasteiger partial charge in [0.25, 0.3) is 17.9 Å². The van der Waals surface area contributed by atoms with Crippen LogP contribution in [0.15, 0.2) is 24.3 Å². The van der Waals surface area contributed by atoms with Gasteiger partial charge in [0.05, 0.1) is 12.3 Å². The molecule has 1 aliphatic rings. The van der Waals surface area contributed by atoms with Gasteiger partial charge in [0, 0.05) is 6.54 Å². The molecule has 17 heavy (non-hydrogen) atoms. The molecular formula is C11H12N2O4. The van der Waals surface area contributed by atoms with Gasteiger partial charge in [-0.05, 0) is 12.1 Å². The van der Waals surface area contributed by atoms with E-state index in [4.69, 9.17) is 15.6 Å². The predicted octanol–water partition coefficient (Wildman–Crippen LogP) is -0.742. The molecule has 0 aromatic heterocycles. The number of amides is 2. The second-order valence-electron chi connectivity index (χ2n) is 3.58. The third kappa shape index (κ3) is 1.94. The van der Waals surface area contributed by atoms with Gasteiger partial charge in [0.2, 0.25) is 0 Å². The summed E-state index contributed by atoms with van der Waals surface area (Å²) in [6.45, 7) is -0.103. The topological polar surface area (TPSA) is 92.9 Å². The maximum Gasteiger partial charge on any atom is 0.278 e. The smallest absolute Gasteiger partial charge is 0.278 e. The van der Waals surface area contributed by atoms with Crippen LogP contribution in [-0.4, -0.2) is 36.2 Å². The third-order valence-corrected chi connectivity index (χ3v) is 2.47. The van der Waals surface area contributed by atoms with Crippen LogP contribution in [0.4, 0.5) is 5.69 Å². The number of aliphatic hydroxyl groups excluding tert-OH is 1. The van der Waals surface area contributed by atoms with E-state index in [1.54, 1.807) is 24.3 Å². The molecule has 1 aliphatic heterocycles. The van der Waals surface area contributed by atoms with Crippen molar-refractivity contribution in [2.75, 3.05) is 18.1 Å². The molecule has 6 heteroatoms. The summed E-state index contributed by atoms with van der Waals surface area (Å²) < 4.78 is 5.23. The fraction of sp³-hybridized carbons (Fsp3) is 0.273. The summed E-state index contributed by atoms with van der Waals surface area (Å²) in [6.07, 6.45) is -1.32. The Kier molecular flexibility index (Phi) is 2.97. The SMILES string of the molecule is NC(=O)C1Oc2ccccc2N(CCO)C1=O. The average molecular weight is 236 g/mol. The number of β-amino-alcohol motifs (C(OH)–C–C–N with tert-alkyl or cyclic N) is 1. The van der Waals surface area contributed by atoms with Crippen LogP contribution in [0.25, 0.3) is 0 Å². The Hall–Kier alpha value is -2.08. The highest BCUT2D eigenvalue weighted by atomic mass is 16.5. The zero-order valence-corrected chi connectivity index (χ0v) is 9.00. The minimum atomic E-state index is -1.32. The van der Waals surface area contributed by atoms with Gasteiger partial charge in [0.15, 0.2) is 0 Å². The van der Waals surface area contributed by atoms with E-state index in [0.29, 0.717) is 11.4 Å². The first-order valence-corrected chi connectivity index (χ1v) is 5.12. The molecule has 0 aliphatic carbocycles. The van der Waals surface area contributed by atoms with Gasteiger partial charge in [-0.25, -0.2) is 0 Å². The molecule has 0 saturated heterocycles. The molecule has 0 fully saturated rings. The van der Waals surface area contributed by atoms with E-state index >= 15 is 0 Å².